The first-order valence-corrected chi connectivity index (χ1v) is 8.73. The molecule has 1 amide bonds. The summed E-state index contributed by atoms with van der Waals surface area (Å²) in [7, 11) is 0. The molecule has 2 heterocycles. The van der Waals surface area contributed by atoms with Crippen molar-refractivity contribution in [2.75, 3.05) is 5.32 Å². The molecule has 0 radical (unpaired) electrons. The molecule has 146 valence electrons. The van der Waals surface area contributed by atoms with Gasteiger partial charge in [-0.3, -0.25) is 14.9 Å². The first-order chi connectivity index (χ1) is 13.9. The molecule has 9 heteroatoms. The Kier molecular flexibility index (Phi) is 4.47. The highest BCUT2D eigenvalue weighted by molar-refractivity contribution is 6.02. The van der Waals surface area contributed by atoms with Crippen molar-refractivity contribution in [2.24, 2.45) is 0 Å². The number of aromatic hydroxyl groups is 1. The molecule has 29 heavy (non-hydrogen) atoms. The number of aryl methyl sites for hydroxylation is 1. The van der Waals surface area contributed by atoms with E-state index in [1.807, 2.05) is 25.1 Å². The SMILES string of the molecule is CCc1ccc2oc(-c3cc(NC(=O)c4ccc([N+](=O)[O-])o4)ccc3O)nc2c1. The average Bonchev–Trinajstić information content (AvgIpc) is 3.36. The molecule has 0 aliphatic heterocycles. The van der Waals surface area contributed by atoms with Crippen molar-refractivity contribution in [3.05, 3.63) is 70.0 Å². The molecule has 2 aromatic carbocycles. The van der Waals surface area contributed by atoms with Crippen molar-refractivity contribution in [3.63, 3.8) is 0 Å². The topological polar surface area (TPSA) is 132 Å². The normalized spacial score (nSPS) is 10.9. The number of carbonyl (C=O) groups is 1. The van der Waals surface area contributed by atoms with Crippen LogP contribution in [0.3, 0.4) is 0 Å². The lowest BCUT2D eigenvalue weighted by atomic mass is 10.1. The zero-order valence-corrected chi connectivity index (χ0v) is 15.2. The van der Waals surface area contributed by atoms with Crippen molar-refractivity contribution >= 4 is 28.6 Å². The number of benzene rings is 2. The molecule has 4 rings (SSSR count). The van der Waals surface area contributed by atoms with Gasteiger partial charge in [-0.25, -0.2) is 4.98 Å². The number of nitrogens with zero attached hydrogens (tertiary/aromatic N) is 2. The van der Waals surface area contributed by atoms with Crippen LogP contribution >= 0.6 is 0 Å². The van der Waals surface area contributed by atoms with Crippen LogP contribution in [0.1, 0.15) is 23.0 Å². The number of rotatable bonds is 5. The smallest absolute Gasteiger partial charge is 0.433 e. The van der Waals surface area contributed by atoms with Gasteiger partial charge >= 0.3 is 5.88 Å². The van der Waals surface area contributed by atoms with E-state index in [1.54, 1.807) is 0 Å². The van der Waals surface area contributed by atoms with Crippen LogP contribution in [0.15, 0.2) is 57.4 Å². The number of furan rings is 1. The number of hydrogen-bond donors (Lipinski definition) is 2. The Bertz CT molecular complexity index is 1240. The van der Waals surface area contributed by atoms with E-state index >= 15 is 0 Å². The number of oxazole rings is 1. The number of anilines is 1. The van der Waals surface area contributed by atoms with Gasteiger partial charge in [0.25, 0.3) is 5.91 Å². The average molecular weight is 393 g/mol. The summed E-state index contributed by atoms with van der Waals surface area (Å²) in [6.45, 7) is 2.04. The van der Waals surface area contributed by atoms with Gasteiger partial charge in [0.2, 0.25) is 5.89 Å². The van der Waals surface area contributed by atoms with Gasteiger partial charge in [0, 0.05) is 5.69 Å². The Morgan fingerprint density at radius 2 is 2.00 bits per heavy atom. The summed E-state index contributed by atoms with van der Waals surface area (Å²) in [5, 5.41) is 23.5. The summed E-state index contributed by atoms with van der Waals surface area (Å²) in [5.74, 6) is -1.27. The van der Waals surface area contributed by atoms with E-state index in [-0.39, 0.29) is 17.4 Å². The fourth-order valence-corrected chi connectivity index (χ4v) is 2.83. The highest BCUT2D eigenvalue weighted by Gasteiger charge is 2.19. The molecular formula is C20H15N3O6. The van der Waals surface area contributed by atoms with E-state index in [0.717, 1.165) is 18.1 Å². The number of amides is 1. The number of phenols is 1. The van der Waals surface area contributed by atoms with Crippen molar-refractivity contribution in [2.45, 2.75) is 13.3 Å². The highest BCUT2D eigenvalue weighted by Crippen LogP contribution is 2.33. The van der Waals surface area contributed by atoms with E-state index in [0.29, 0.717) is 22.4 Å². The predicted octanol–water partition coefficient (Wildman–Crippen LogP) is 4.52. The third kappa shape index (κ3) is 3.53. The minimum Gasteiger partial charge on any atom is -0.507 e. The first kappa shape index (κ1) is 18.2. The largest absolute Gasteiger partial charge is 0.507 e. The van der Waals surface area contributed by atoms with Gasteiger partial charge in [0.15, 0.2) is 11.3 Å². The van der Waals surface area contributed by atoms with Crippen molar-refractivity contribution in [1.82, 2.24) is 4.98 Å². The van der Waals surface area contributed by atoms with E-state index in [1.165, 1.54) is 24.3 Å². The molecule has 2 aromatic heterocycles. The van der Waals surface area contributed by atoms with Gasteiger partial charge in [0.05, 0.1) is 11.6 Å². The van der Waals surface area contributed by atoms with Crippen molar-refractivity contribution in [1.29, 1.82) is 0 Å². The Labute approximate surface area is 163 Å². The minimum absolute atomic E-state index is 0.0705. The predicted molar refractivity (Wildman–Crippen MR) is 104 cm³/mol. The Morgan fingerprint density at radius 3 is 2.72 bits per heavy atom. The van der Waals surface area contributed by atoms with Crippen LogP contribution in [0.25, 0.3) is 22.6 Å². The van der Waals surface area contributed by atoms with Gasteiger partial charge in [-0.15, -0.1) is 0 Å². The number of phenolic OH excluding ortho intramolecular Hbond substituents is 1. The van der Waals surface area contributed by atoms with Crippen molar-refractivity contribution < 1.29 is 23.7 Å². The van der Waals surface area contributed by atoms with E-state index in [2.05, 4.69) is 10.3 Å². The zero-order chi connectivity index (χ0) is 20.5. The molecular weight excluding hydrogens is 378 g/mol. The van der Waals surface area contributed by atoms with Crippen molar-refractivity contribution in [3.8, 4) is 17.2 Å². The van der Waals surface area contributed by atoms with E-state index < -0.39 is 16.7 Å². The molecule has 0 saturated carbocycles. The summed E-state index contributed by atoms with van der Waals surface area (Å²) in [6, 6.07) is 12.3. The van der Waals surface area contributed by atoms with E-state index in [9.17, 15) is 20.0 Å². The van der Waals surface area contributed by atoms with Crippen LogP contribution in [0, 0.1) is 10.1 Å². The summed E-state index contributed by atoms with van der Waals surface area (Å²) >= 11 is 0. The number of aromatic nitrogens is 1. The van der Waals surface area contributed by atoms with Gasteiger partial charge in [0.1, 0.15) is 16.2 Å². The molecule has 0 saturated heterocycles. The van der Waals surface area contributed by atoms with Crippen LogP contribution in [0.5, 0.6) is 5.75 Å². The maximum atomic E-state index is 12.3. The molecule has 0 fully saturated rings. The second-order valence-corrected chi connectivity index (χ2v) is 6.26. The Balaban J connectivity index is 1.63. The standard InChI is InChI=1S/C20H15N3O6/c1-2-11-3-6-16-14(9-11)22-20(29-16)13-10-12(4-5-15(13)24)21-19(25)17-7-8-18(28-17)23(26)27/h3-10,24H,2H2,1H3,(H,21,25). The summed E-state index contributed by atoms with van der Waals surface area (Å²) in [5.41, 5.74) is 2.97. The van der Waals surface area contributed by atoms with Gasteiger partial charge in [-0.2, -0.15) is 0 Å². The lowest BCUT2D eigenvalue weighted by molar-refractivity contribution is -0.402. The Hall–Kier alpha value is -4.14. The van der Waals surface area contributed by atoms with Crippen LogP contribution in [-0.2, 0) is 6.42 Å². The second kappa shape index (κ2) is 7.12. The monoisotopic (exact) mass is 393 g/mol. The fraction of sp³-hybridized carbons (Fsp3) is 0.100. The number of fused-ring (bicyclic) bond motifs is 1. The maximum absolute atomic E-state index is 12.3. The quantitative estimate of drug-likeness (QED) is 0.289. The van der Waals surface area contributed by atoms with Crippen LogP contribution in [0.4, 0.5) is 11.6 Å². The molecule has 0 aliphatic rings. The molecule has 9 nitrogen and oxygen atoms in total. The molecule has 0 aliphatic carbocycles. The lowest BCUT2D eigenvalue weighted by Crippen LogP contribution is -2.10. The third-order valence-electron chi connectivity index (χ3n) is 4.34. The van der Waals surface area contributed by atoms with Gasteiger partial charge in [-0.05, 0) is 48.4 Å². The molecule has 0 spiro atoms. The number of nitro groups is 1. The highest BCUT2D eigenvalue weighted by atomic mass is 16.6. The summed E-state index contributed by atoms with van der Waals surface area (Å²) < 4.78 is 10.6. The second-order valence-electron chi connectivity index (χ2n) is 6.26. The van der Waals surface area contributed by atoms with Crippen LogP contribution < -0.4 is 5.32 Å². The molecule has 0 atom stereocenters. The lowest BCUT2D eigenvalue weighted by Gasteiger charge is -2.06. The Morgan fingerprint density at radius 1 is 1.17 bits per heavy atom. The maximum Gasteiger partial charge on any atom is 0.433 e. The third-order valence-corrected chi connectivity index (χ3v) is 4.34. The molecule has 4 aromatic rings. The number of nitrogens with one attached hydrogen (secondary N) is 1. The summed E-state index contributed by atoms with van der Waals surface area (Å²) in [6.07, 6.45) is 0.857. The van der Waals surface area contributed by atoms with E-state index in [4.69, 9.17) is 8.83 Å². The van der Waals surface area contributed by atoms with Gasteiger partial charge in [-0.1, -0.05) is 13.0 Å². The molecule has 0 unspecified atom stereocenters. The minimum atomic E-state index is -0.730. The zero-order valence-electron chi connectivity index (χ0n) is 15.2. The number of carbonyl (C=O) groups excluding carboxylic acids is 1. The first-order valence-electron chi connectivity index (χ1n) is 8.73. The van der Waals surface area contributed by atoms with Crippen LogP contribution in [-0.4, -0.2) is 20.9 Å². The molecule has 2 N–H and O–H groups in total. The molecule has 0 bridgehead atoms. The number of hydrogen-bond acceptors (Lipinski definition) is 7. The van der Waals surface area contributed by atoms with Gasteiger partial charge < -0.3 is 19.3 Å². The van der Waals surface area contributed by atoms with Crippen LogP contribution in [0.2, 0.25) is 0 Å². The summed E-state index contributed by atoms with van der Waals surface area (Å²) in [4.78, 5) is 26.6. The fourth-order valence-electron chi connectivity index (χ4n) is 2.83.